The van der Waals surface area contributed by atoms with Crippen molar-refractivity contribution in [3.63, 3.8) is 0 Å². The van der Waals surface area contributed by atoms with E-state index in [1.807, 2.05) is 36.7 Å². The molecule has 0 spiro atoms. The zero-order valence-corrected chi connectivity index (χ0v) is 7.67. The van der Waals surface area contributed by atoms with Crippen molar-refractivity contribution in [1.82, 2.24) is 4.98 Å². The minimum Gasteiger partial charge on any atom is -0.339 e. The lowest BCUT2D eigenvalue weighted by atomic mass is 10.1. The van der Waals surface area contributed by atoms with E-state index in [2.05, 4.69) is 4.98 Å². The monoisotopic (exact) mass is 187 g/mol. The first-order valence-electron chi connectivity index (χ1n) is 4.40. The number of hydrogen-bond donors (Lipinski definition) is 1. The largest absolute Gasteiger partial charge is 0.339 e. The van der Waals surface area contributed by atoms with Gasteiger partial charge in [-0.15, -0.1) is 0 Å². The average Bonchev–Trinajstić information content (AvgIpc) is 2.30. The highest BCUT2D eigenvalue weighted by atomic mass is 16.3. The van der Waals surface area contributed by atoms with E-state index in [1.54, 1.807) is 17.0 Å². The fourth-order valence-electron chi connectivity index (χ4n) is 1.29. The molecule has 0 aliphatic carbocycles. The number of aliphatic hydroxyl groups is 1. The van der Waals surface area contributed by atoms with E-state index in [0.29, 0.717) is 0 Å². The first-order valence-corrected chi connectivity index (χ1v) is 4.40. The number of aromatic nitrogens is 2. The highest BCUT2D eigenvalue weighted by Gasteiger charge is 1.99. The summed E-state index contributed by atoms with van der Waals surface area (Å²) in [6.45, 7) is 0.0105. The molecule has 2 aromatic heterocycles. The van der Waals surface area contributed by atoms with Crippen LogP contribution in [-0.4, -0.2) is 10.1 Å². The Morgan fingerprint density at radius 2 is 1.57 bits per heavy atom. The first kappa shape index (κ1) is 8.84. The summed E-state index contributed by atoms with van der Waals surface area (Å²) in [5.41, 5.74) is 2.25. The Bertz CT molecular complexity index is 397. The zero-order chi connectivity index (χ0) is 9.80. The van der Waals surface area contributed by atoms with E-state index in [1.165, 1.54) is 0 Å². The van der Waals surface area contributed by atoms with Crippen molar-refractivity contribution in [2.24, 2.45) is 0 Å². The van der Waals surface area contributed by atoms with Crippen molar-refractivity contribution >= 4 is 0 Å². The Hall–Kier alpha value is -1.74. The summed E-state index contributed by atoms with van der Waals surface area (Å²) < 4.78 is 1.70. The van der Waals surface area contributed by atoms with Gasteiger partial charge in [0.2, 0.25) is 6.73 Å². The lowest BCUT2D eigenvalue weighted by molar-refractivity contribution is -0.729. The molecular formula is C11H11N2O+. The minimum absolute atomic E-state index is 0.0105. The first-order chi connectivity index (χ1) is 6.90. The Morgan fingerprint density at radius 1 is 1.00 bits per heavy atom. The molecule has 2 aromatic rings. The van der Waals surface area contributed by atoms with Gasteiger partial charge in [0, 0.05) is 24.5 Å². The Kier molecular flexibility index (Phi) is 2.51. The lowest BCUT2D eigenvalue weighted by Crippen LogP contribution is -2.31. The van der Waals surface area contributed by atoms with Crippen LogP contribution in [0.2, 0.25) is 0 Å². The van der Waals surface area contributed by atoms with Crippen molar-refractivity contribution in [1.29, 1.82) is 0 Å². The Morgan fingerprint density at radius 3 is 2.14 bits per heavy atom. The number of rotatable bonds is 2. The average molecular weight is 187 g/mol. The van der Waals surface area contributed by atoms with Crippen LogP contribution in [-0.2, 0) is 6.73 Å². The van der Waals surface area contributed by atoms with Gasteiger partial charge >= 0.3 is 0 Å². The normalized spacial score (nSPS) is 10.1. The molecule has 1 N–H and O–H groups in total. The van der Waals surface area contributed by atoms with Gasteiger partial charge in [0.15, 0.2) is 12.4 Å². The predicted molar refractivity (Wildman–Crippen MR) is 52.1 cm³/mol. The van der Waals surface area contributed by atoms with Gasteiger partial charge in [0.1, 0.15) is 0 Å². The molecule has 0 aliphatic heterocycles. The van der Waals surface area contributed by atoms with Crippen molar-refractivity contribution in [2.45, 2.75) is 6.73 Å². The lowest BCUT2D eigenvalue weighted by Gasteiger charge is -1.98. The molecule has 2 rings (SSSR count). The third-order valence-corrected chi connectivity index (χ3v) is 2.07. The van der Waals surface area contributed by atoms with Gasteiger partial charge in [0.25, 0.3) is 0 Å². The predicted octanol–water partition coefficient (Wildman–Crippen LogP) is 0.986. The molecule has 0 radical (unpaired) electrons. The van der Waals surface area contributed by atoms with Gasteiger partial charge in [-0.2, -0.15) is 4.57 Å². The number of aliphatic hydroxyl groups excluding tert-OH is 1. The SMILES string of the molecule is OC[n+]1ccc(-c2ccncc2)cc1. The molecule has 2 heterocycles. The van der Waals surface area contributed by atoms with Crippen LogP contribution in [0.15, 0.2) is 49.1 Å². The molecular weight excluding hydrogens is 176 g/mol. The summed E-state index contributed by atoms with van der Waals surface area (Å²) in [7, 11) is 0. The fourth-order valence-corrected chi connectivity index (χ4v) is 1.29. The molecule has 0 saturated heterocycles. The summed E-state index contributed by atoms with van der Waals surface area (Å²) in [6.07, 6.45) is 7.22. The number of hydrogen-bond acceptors (Lipinski definition) is 2. The van der Waals surface area contributed by atoms with Crippen molar-refractivity contribution in [2.75, 3.05) is 0 Å². The van der Waals surface area contributed by atoms with E-state index in [9.17, 15) is 0 Å². The summed E-state index contributed by atoms with van der Waals surface area (Å²) >= 11 is 0. The molecule has 0 aromatic carbocycles. The van der Waals surface area contributed by atoms with Gasteiger partial charge < -0.3 is 5.11 Å². The molecule has 0 unspecified atom stereocenters. The van der Waals surface area contributed by atoms with Crippen molar-refractivity contribution < 1.29 is 9.67 Å². The van der Waals surface area contributed by atoms with Crippen LogP contribution in [0.4, 0.5) is 0 Å². The van der Waals surface area contributed by atoms with E-state index in [-0.39, 0.29) is 6.73 Å². The number of pyridine rings is 2. The standard InChI is InChI=1S/C11H11N2O/c14-9-13-7-3-11(4-8-13)10-1-5-12-6-2-10/h1-8,14H,9H2/q+1. The van der Waals surface area contributed by atoms with Crippen LogP contribution in [0.1, 0.15) is 0 Å². The van der Waals surface area contributed by atoms with Gasteiger partial charge in [-0.3, -0.25) is 4.98 Å². The molecule has 0 fully saturated rings. The molecule has 0 aliphatic rings. The second kappa shape index (κ2) is 3.98. The summed E-state index contributed by atoms with van der Waals surface area (Å²) in [5, 5.41) is 8.85. The Balaban J connectivity index is 2.34. The molecule has 3 heteroatoms. The third-order valence-electron chi connectivity index (χ3n) is 2.07. The van der Waals surface area contributed by atoms with Gasteiger partial charge in [0.05, 0.1) is 0 Å². The maximum atomic E-state index is 8.85. The maximum absolute atomic E-state index is 8.85. The van der Waals surface area contributed by atoms with E-state index >= 15 is 0 Å². The van der Waals surface area contributed by atoms with Crippen molar-refractivity contribution in [3.8, 4) is 11.1 Å². The molecule has 14 heavy (non-hydrogen) atoms. The third kappa shape index (κ3) is 1.78. The van der Waals surface area contributed by atoms with Crippen LogP contribution in [0.5, 0.6) is 0 Å². The molecule has 0 bridgehead atoms. The van der Waals surface area contributed by atoms with Crippen LogP contribution >= 0.6 is 0 Å². The summed E-state index contributed by atoms with van der Waals surface area (Å²) in [4.78, 5) is 3.96. The second-order valence-electron chi connectivity index (χ2n) is 2.98. The zero-order valence-electron chi connectivity index (χ0n) is 7.67. The van der Waals surface area contributed by atoms with Gasteiger partial charge in [-0.1, -0.05) is 0 Å². The minimum atomic E-state index is 0.0105. The second-order valence-corrected chi connectivity index (χ2v) is 2.98. The fraction of sp³-hybridized carbons (Fsp3) is 0.0909. The molecule has 0 saturated carbocycles. The summed E-state index contributed by atoms with van der Waals surface area (Å²) in [6, 6.07) is 7.84. The van der Waals surface area contributed by atoms with E-state index in [4.69, 9.17) is 5.11 Å². The van der Waals surface area contributed by atoms with Crippen LogP contribution in [0, 0.1) is 0 Å². The van der Waals surface area contributed by atoms with Crippen LogP contribution < -0.4 is 4.57 Å². The van der Waals surface area contributed by atoms with Gasteiger partial charge in [-0.25, -0.2) is 0 Å². The molecule has 70 valence electrons. The highest BCUT2D eigenvalue weighted by Crippen LogP contribution is 2.15. The highest BCUT2D eigenvalue weighted by molar-refractivity contribution is 5.61. The molecule has 0 atom stereocenters. The maximum Gasteiger partial charge on any atom is 0.250 e. The molecule has 0 amide bonds. The number of nitrogens with zero attached hydrogens (tertiary/aromatic N) is 2. The van der Waals surface area contributed by atoms with Crippen molar-refractivity contribution in [3.05, 3.63) is 49.1 Å². The Labute approximate surface area is 82.3 Å². The summed E-state index contributed by atoms with van der Waals surface area (Å²) in [5.74, 6) is 0. The van der Waals surface area contributed by atoms with Gasteiger partial charge in [-0.05, 0) is 23.3 Å². The van der Waals surface area contributed by atoms with E-state index < -0.39 is 0 Å². The quantitative estimate of drug-likeness (QED) is 0.712. The smallest absolute Gasteiger partial charge is 0.250 e. The van der Waals surface area contributed by atoms with Crippen LogP contribution in [0.3, 0.4) is 0 Å². The van der Waals surface area contributed by atoms with Crippen LogP contribution in [0.25, 0.3) is 11.1 Å². The molecule has 3 nitrogen and oxygen atoms in total. The van der Waals surface area contributed by atoms with E-state index in [0.717, 1.165) is 11.1 Å². The topological polar surface area (TPSA) is 37.0 Å².